The fourth-order valence-corrected chi connectivity index (χ4v) is 1.39. The highest BCUT2D eigenvalue weighted by molar-refractivity contribution is 5.67. The first kappa shape index (κ1) is 15.2. The van der Waals surface area contributed by atoms with Gasteiger partial charge in [0.25, 0.3) is 0 Å². The van der Waals surface area contributed by atoms with Crippen molar-refractivity contribution in [2.24, 2.45) is 0 Å². The van der Waals surface area contributed by atoms with Crippen LogP contribution in [0.25, 0.3) is 6.08 Å². The molecule has 4 nitrogen and oxygen atoms in total. The number of benzene rings is 1. The molecule has 104 valence electrons. The molecule has 19 heavy (non-hydrogen) atoms. The largest absolute Gasteiger partial charge is 0.442 e. The van der Waals surface area contributed by atoms with E-state index in [0.29, 0.717) is 6.54 Å². The highest BCUT2D eigenvalue weighted by Crippen LogP contribution is 2.10. The average Bonchev–Trinajstić information content (AvgIpc) is 2.33. The lowest BCUT2D eigenvalue weighted by Crippen LogP contribution is -2.36. The minimum absolute atomic E-state index is 0.334. The summed E-state index contributed by atoms with van der Waals surface area (Å²) in [5.74, 6) is 0. The molecule has 0 N–H and O–H groups in total. The third kappa shape index (κ3) is 6.06. The Bertz CT molecular complexity index is 421. The van der Waals surface area contributed by atoms with Crippen LogP contribution in [0.5, 0.6) is 0 Å². The lowest BCUT2D eigenvalue weighted by atomic mass is 10.2. The van der Waals surface area contributed by atoms with E-state index in [1.165, 1.54) is 12.2 Å². The highest BCUT2D eigenvalue weighted by atomic mass is 16.7. The van der Waals surface area contributed by atoms with Crippen LogP contribution in [-0.2, 0) is 9.57 Å². The maximum atomic E-state index is 11.8. The van der Waals surface area contributed by atoms with Crippen LogP contribution in [0.1, 0.15) is 26.3 Å². The molecule has 0 bridgehead atoms. The van der Waals surface area contributed by atoms with E-state index in [9.17, 15) is 4.79 Å². The quantitative estimate of drug-likeness (QED) is 0.780. The molecule has 1 aromatic carbocycles. The van der Waals surface area contributed by atoms with Gasteiger partial charge in [-0.3, -0.25) is 4.84 Å². The topological polar surface area (TPSA) is 38.8 Å². The molecule has 0 saturated heterocycles. The van der Waals surface area contributed by atoms with E-state index in [4.69, 9.17) is 9.57 Å². The summed E-state index contributed by atoms with van der Waals surface area (Å²) in [6.45, 7) is 5.79. The average molecular weight is 263 g/mol. The summed E-state index contributed by atoms with van der Waals surface area (Å²) in [6, 6.07) is 9.85. The summed E-state index contributed by atoms with van der Waals surface area (Å²) >= 11 is 0. The van der Waals surface area contributed by atoms with Crippen LogP contribution in [0.2, 0.25) is 0 Å². The minimum atomic E-state index is -0.531. The van der Waals surface area contributed by atoms with Gasteiger partial charge in [-0.05, 0) is 26.3 Å². The molecule has 0 saturated carbocycles. The van der Waals surface area contributed by atoms with Crippen LogP contribution in [0, 0.1) is 0 Å². The molecular weight excluding hydrogens is 242 g/mol. The predicted octanol–water partition coefficient (Wildman–Crippen LogP) is 3.50. The molecule has 0 atom stereocenters. The molecule has 0 aliphatic carbocycles. The maximum absolute atomic E-state index is 11.8. The molecule has 0 radical (unpaired) electrons. The molecule has 0 fully saturated rings. The number of nitrogens with zero attached hydrogens (tertiary/aromatic N) is 1. The SMILES string of the molecule is CON(C/C=C/c1ccccc1)C(=O)OC(C)(C)C. The van der Waals surface area contributed by atoms with Gasteiger partial charge in [-0.1, -0.05) is 42.5 Å². The molecule has 0 aromatic heterocycles. The van der Waals surface area contributed by atoms with E-state index >= 15 is 0 Å². The second kappa shape index (κ2) is 6.95. The van der Waals surface area contributed by atoms with Crippen LogP contribution in [0.15, 0.2) is 36.4 Å². The lowest BCUT2D eigenvalue weighted by molar-refractivity contribution is -0.116. The van der Waals surface area contributed by atoms with Crippen molar-refractivity contribution in [3.63, 3.8) is 0 Å². The van der Waals surface area contributed by atoms with Gasteiger partial charge in [0.2, 0.25) is 0 Å². The molecular formula is C15H21NO3. The minimum Gasteiger partial charge on any atom is -0.442 e. The Morgan fingerprint density at radius 3 is 2.42 bits per heavy atom. The van der Waals surface area contributed by atoms with E-state index in [0.717, 1.165) is 5.56 Å². The number of carbonyl (C=O) groups excluding carboxylic acids is 1. The third-order valence-electron chi connectivity index (χ3n) is 2.20. The van der Waals surface area contributed by atoms with E-state index < -0.39 is 11.7 Å². The van der Waals surface area contributed by atoms with Gasteiger partial charge in [0.15, 0.2) is 0 Å². The van der Waals surface area contributed by atoms with Crippen LogP contribution in [0.3, 0.4) is 0 Å². The van der Waals surface area contributed by atoms with Gasteiger partial charge in [-0.15, -0.1) is 0 Å². The first-order valence-corrected chi connectivity index (χ1v) is 6.18. The second-order valence-corrected chi connectivity index (χ2v) is 5.04. The van der Waals surface area contributed by atoms with Crippen LogP contribution in [0.4, 0.5) is 4.79 Å². The Morgan fingerprint density at radius 2 is 1.89 bits per heavy atom. The number of hydroxylamine groups is 2. The van der Waals surface area contributed by atoms with Crippen molar-refractivity contribution in [1.82, 2.24) is 5.06 Å². The first-order valence-electron chi connectivity index (χ1n) is 6.18. The van der Waals surface area contributed by atoms with Gasteiger partial charge < -0.3 is 4.74 Å². The molecule has 1 aromatic rings. The second-order valence-electron chi connectivity index (χ2n) is 5.04. The lowest BCUT2D eigenvalue weighted by Gasteiger charge is -2.24. The van der Waals surface area contributed by atoms with E-state index in [2.05, 4.69) is 0 Å². The molecule has 0 aliphatic heterocycles. The smallest absolute Gasteiger partial charge is 0.434 e. The summed E-state index contributed by atoms with van der Waals surface area (Å²) < 4.78 is 5.22. The molecule has 0 spiro atoms. The molecule has 1 rings (SSSR count). The van der Waals surface area contributed by atoms with Crippen LogP contribution < -0.4 is 0 Å². The summed E-state index contributed by atoms with van der Waals surface area (Å²) in [5, 5.41) is 1.17. The van der Waals surface area contributed by atoms with Crippen molar-refractivity contribution in [3.05, 3.63) is 42.0 Å². The Morgan fingerprint density at radius 1 is 1.26 bits per heavy atom. The Balaban J connectivity index is 2.53. The fraction of sp³-hybridized carbons (Fsp3) is 0.400. The number of hydrogen-bond acceptors (Lipinski definition) is 3. The van der Waals surface area contributed by atoms with Gasteiger partial charge >= 0.3 is 6.09 Å². The fourth-order valence-electron chi connectivity index (χ4n) is 1.39. The van der Waals surface area contributed by atoms with Crippen molar-refractivity contribution in [3.8, 4) is 0 Å². The number of amides is 1. The zero-order chi connectivity index (χ0) is 14.3. The molecule has 4 heteroatoms. The summed E-state index contributed by atoms with van der Waals surface area (Å²) in [4.78, 5) is 16.8. The number of ether oxygens (including phenoxy) is 1. The van der Waals surface area contributed by atoms with Gasteiger partial charge in [0.05, 0.1) is 13.7 Å². The molecule has 0 unspecified atom stereocenters. The molecule has 1 amide bonds. The number of carbonyl (C=O) groups is 1. The van der Waals surface area contributed by atoms with Crippen molar-refractivity contribution in [1.29, 1.82) is 0 Å². The van der Waals surface area contributed by atoms with Gasteiger partial charge in [0, 0.05) is 0 Å². The summed E-state index contributed by atoms with van der Waals surface area (Å²) in [6.07, 6.45) is 3.28. The van der Waals surface area contributed by atoms with E-state index in [-0.39, 0.29) is 0 Å². The Hall–Kier alpha value is -1.81. The van der Waals surface area contributed by atoms with Crippen LogP contribution in [-0.4, -0.2) is 30.4 Å². The van der Waals surface area contributed by atoms with E-state index in [1.54, 1.807) is 0 Å². The third-order valence-corrected chi connectivity index (χ3v) is 2.20. The number of hydrogen-bond donors (Lipinski definition) is 0. The normalized spacial score (nSPS) is 11.6. The number of rotatable bonds is 4. The van der Waals surface area contributed by atoms with Crippen molar-refractivity contribution in [2.45, 2.75) is 26.4 Å². The van der Waals surface area contributed by atoms with Gasteiger partial charge in [-0.25, -0.2) is 4.79 Å². The standard InChI is InChI=1S/C15H21NO3/c1-15(2,3)19-14(17)16(18-4)12-8-11-13-9-6-5-7-10-13/h5-11H,12H2,1-4H3/b11-8+. The van der Waals surface area contributed by atoms with Gasteiger partial charge in [-0.2, -0.15) is 5.06 Å². The van der Waals surface area contributed by atoms with Crippen LogP contribution >= 0.6 is 0 Å². The molecule has 0 aliphatic rings. The molecule has 0 heterocycles. The summed E-state index contributed by atoms with van der Waals surface area (Å²) in [5.41, 5.74) is 0.541. The van der Waals surface area contributed by atoms with Crippen molar-refractivity contribution in [2.75, 3.05) is 13.7 Å². The Labute approximate surface area is 114 Å². The monoisotopic (exact) mass is 263 g/mol. The zero-order valence-electron chi connectivity index (χ0n) is 11.9. The predicted molar refractivity (Wildman–Crippen MR) is 75.4 cm³/mol. The first-order chi connectivity index (χ1) is 8.92. The van der Waals surface area contributed by atoms with E-state index in [1.807, 2.05) is 63.3 Å². The highest BCUT2D eigenvalue weighted by Gasteiger charge is 2.21. The Kier molecular flexibility index (Phi) is 5.57. The maximum Gasteiger partial charge on any atom is 0.434 e. The summed E-state index contributed by atoms with van der Waals surface area (Å²) in [7, 11) is 1.44. The van der Waals surface area contributed by atoms with Gasteiger partial charge in [0.1, 0.15) is 5.60 Å². The van der Waals surface area contributed by atoms with Crippen molar-refractivity contribution >= 4 is 12.2 Å². The zero-order valence-corrected chi connectivity index (χ0v) is 11.9. The van der Waals surface area contributed by atoms with Crippen molar-refractivity contribution < 1.29 is 14.4 Å².